The van der Waals surface area contributed by atoms with Crippen LogP contribution in [-0.2, 0) is 6.61 Å². The molecule has 2 aromatic carbocycles. The molecule has 5 heteroatoms. The van der Waals surface area contributed by atoms with Crippen LogP contribution in [0.3, 0.4) is 0 Å². The molecule has 0 atom stereocenters. The predicted molar refractivity (Wildman–Crippen MR) is 70.7 cm³/mol. The molecule has 0 unspecified atom stereocenters. The second-order valence-electron chi connectivity index (χ2n) is 4.06. The molecule has 0 aromatic heterocycles. The molecule has 0 saturated heterocycles. The standard InChI is InChI=1S/C15H13FO4/c1-19-13-7-3-6-12(15(17)18)14(13)20-9-10-4-2-5-11(16)8-10/h2-8H,9H2,1H3,(H,17,18). The Hall–Kier alpha value is -2.56. The number of ether oxygens (including phenoxy) is 2. The second kappa shape index (κ2) is 6.06. The first-order valence-corrected chi connectivity index (χ1v) is 5.89. The second-order valence-corrected chi connectivity index (χ2v) is 4.06. The van der Waals surface area contributed by atoms with Gasteiger partial charge < -0.3 is 14.6 Å². The summed E-state index contributed by atoms with van der Waals surface area (Å²) in [6.45, 7) is 0.0540. The Labute approximate surface area is 115 Å². The van der Waals surface area contributed by atoms with Crippen LogP contribution in [-0.4, -0.2) is 18.2 Å². The molecule has 0 aliphatic carbocycles. The number of aromatic carboxylic acids is 1. The molecule has 0 aliphatic heterocycles. The fourth-order valence-corrected chi connectivity index (χ4v) is 1.78. The van der Waals surface area contributed by atoms with Crippen LogP contribution in [0.2, 0.25) is 0 Å². The van der Waals surface area contributed by atoms with Gasteiger partial charge in [0.1, 0.15) is 18.0 Å². The summed E-state index contributed by atoms with van der Waals surface area (Å²) in [4.78, 5) is 11.2. The van der Waals surface area contributed by atoms with E-state index in [4.69, 9.17) is 14.6 Å². The Morgan fingerprint density at radius 3 is 2.65 bits per heavy atom. The van der Waals surface area contributed by atoms with E-state index in [0.29, 0.717) is 11.3 Å². The number of rotatable bonds is 5. The average Bonchev–Trinajstić information content (AvgIpc) is 2.44. The molecule has 2 aromatic rings. The van der Waals surface area contributed by atoms with Gasteiger partial charge in [-0.05, 0) is 29.8 Å². The molecule has 0 heterocycles. The van der Waals surface area contributed by atoms with Crippen molar-refractivity contribution in [1.82, 2.24) is 0 Å². The van der Waals surface area contributed by atoms with E-state index < -0.39 is 5.97 Å². The van der Waals surface area contributed by atoms with E-state index in [0.717, 1.165) is 0 Å². The number of benzene rings is 2. The SMILES string of the molecule is COc1cccc(C(=O)O)c1OCc1cccc(F)c1. The zero-order chi connectivity index (χ0) is 14.5. The number of hydrogen-bond donors (Lipinski definition) is 1. The lowest BCUT2D eigenvalue weighted by Gasteiger charge is -2.13. The van der Waals surface area contributed by atoms with Crippen LogP contribution in [0.4, 0.5) is 4.39 Å². The van der Waals surface area contributed by atoms with Gasteiger partial charge in [0.15, 0.2) is 11.5 Å². The van der Waals surface area contributed by atoms with E-state index in [-0.39, 0.29) is 23.7 Å². The van der Waals surface area contributed by atoms with Gasteiger partial charge in [0.2, 0.25) is 0 Å². The minimum Gasteiger partial charge on any atom is -0.493 e. The highest BCUT2D eigenvalue weighted by Gasteiger charge is 2.16. The number of hydrogen-bond acceptors (Lipinski definition) is 3. The highest BCUT2D eigenvalue weighted by molar-refractivity contribution is 5.92. The maximum Gasteiger partial charge on any atom is 0.339 e. The lowest BCUT2D eigenvalue weighted by atomic mass is 10.2. The minimum atomic E-state index is -1.11. The first kappa shape index (κ1) is 13.9. The number of carbonyl (C=O) groups is 1. The molecular formula is C15H13FO4. The number of halogens is 1. The number of carboxylic acids is 1. The van der Waals surface area contributed by atoms with Crippen molar-refractivity contribution < 1.29 is 23.8 Å². The average molecular weight is 276 g/mol. The van der Waals surface area contributed by atoms with Crippen molar-refractivity contribution in [3.63, 3.8) is 0 Å². The Kier molecular flexibility index (Phi) is 4.20. The normalized spacial score (nSPS) is 10.1. The van der Waals surface area contributed by atoms with E-state index >= 15 is 0 Å². The van der Waals surface area contributed by atoms with Gasteiger partial charge in [0, 0.05) is 0 Å². The zero-order valence-corrected chi connectivity index (χ0v) is 10.8. The summed E-state index contributed by atoms with van der Waals surface area (Å²) in [6.07, 6.45) is 0. The number of carboxylic acid groups (broad SMARTS) is 1. The molecule has 1 N–H and O–H groups in total. The third-order valence-corrected chi connectivity index (χ3v) is 2.70. The lowest BCUT2D eigenvalue weighted by Crippen LogP contribution is -2.05. The fourth-order valence-electron chi connectivity index (χ4n) is 1.78. The van der Waals surface area contributed by atoms with Crippen molar-refractivity contribution in [3.8, 4) is 11.5 Å². The van der Waals surface area contributed by atoms with Gasteiger partial charge in [-0.2, -0.15) is 0 Å². The Morgan fingerprint density at radius 1 is 1.25 bits per heavy atom. The van der Waals surface area contributed by atoms with Crippen molar-refractivity contribution in [2.45, 2.75) is 6.61 Å². The molecule has 0 fully saturated rings. The lowest BCUT2D eigenvalue weighted by molar-refractivity contribution is 0.0691. The third-order valence-electron chi connectivity index (χ3n) is 2.70. The Bertz CT molecular complexity index is 625. The zero-order valence-electron chi connectivity index (χ0n) is 10.8. The van der Waals surface area contributed by atoms with E-state index in [2.05, 4.69) is 0 Å². The highest BCUT2D eigenvalue weighted by atomic mass is 19.1. The summed E-state index contributed by atoms with van der Waals surface area (Å²) in [7, 11) is 1.43. The quantitative estimate of drug-likeness (QED) is 0.911. The maximum absolute atomic E-state index is 13.1. The molecule has 0 aliphatic rings. The topological polar surface area (TPSA) is 55.8 Å². The molecule has 104 valence electrons. The molecule has 2 rings (SSSR count). The summed E-state index contributed by atoms with van der Waals surface area (Å²) >= 11 is 0. The number of methoxy groups -OCH3 is 1. The van der Waals surface area contributed by atoms with Crippen molar-refractivity contribution in [3.05, 3.63) is 59.4 Å². The molecule has 0 amide bonds. The summed E-state index contributed by atoms with van der Waals surface area (Å²) in [5, 5.41) is 9.13. The van der Waals surface area contributed by atoms with Crippen LogP contribution < -0.4 is 9.47 Å². The van der Waals surface area contributed by atoms with Crippen LogP contribution in [0.1, 0.15) is 15.9 Å². The van der Waals surface area contributed by atoms with Crippen LogP contribution in [0.15, 0.2) is 42.5 Å². The van der Waals surface area contributed by atoms with Crippen molar-refractivity contribution in [1.29, 1.82) is 0 Å². The summed E-state index contributed by atoms with van der Waals surface area (Å²) in [5.74, 6) is -1.03. The van der Waals surface area contributed by atoms with Crippen LogP contribution in [0.5, 0.6) is 11.5 Å². The van der Waals surface area contributed by atoms with Gasteiger partial charge >= 0.3 is 5.97 Å². The van der Waals surface area contributed by atoms with Gasteiger partial charge in [-0.3, -0.25) is 0 Å². The van der Waals surface area contributed by atoms with Crippen molar-refractivity contribution in [2.24, 2.45) is 0 Å². The van der Waals surface area contributed by atoms with Gasteiger partial charge in [-0.1, -0.05) is 18.2 Å². The number of para-hydroxylation sites is 1. The smallest absolute Gasteiger partial charge is 0.339 e. The van der Waals surface area contributed by atoms with E-state index in [9.17, 15) is 9.18 Å². The first-order chi connectivity index (χ1) is 9.61. The van der Waals surface area contributed by atoms with E-state index in [1.165, 1.54) is 25.3 Å². The van der Waals surface area contributed by atoms with Crippen molar-refractivity contribution in [2.75, 3.05) is 7.11 Å². The van der Waals surface area contributed by atoms with E-state index in [1.54, 1.807) is 24.3 Å². The van der Waals surface area contributed by atoms with Crippen LogP contribution in [0.25, 0.3) is 0 Å². The minimum absolute atomic E-state index is 0.000697. The Morgan fingerprint density at radius 2 is 2.00 bits per heavy atom. The van der Waals surface area contributed by atoms with Crippen molar-refractivity contribution >= 4 is 5.97 Å². The third kappa shape index (κ3) is 3.06. The van der Waals surface area contributed by atoms with Gasteiger partial charge in [-0.15, -0.1) is 0 Å². The largest absolute Gasteiger partial charge is 0.493 e. The summed E-state index contributed by atoms with van der Waals surface area (Å²) in [5.41, 5.74) is 0.605. The molecule has 0 spiro atoms. The molecule has 0 bridgehead atoms. The maximum atomic E-state index is 13.1. The summed E-state index contributed by atoms with van der Waals surface area (Å²) in [6, 6.07) is 10.5. The van der Waals surface area contributed by atoms with Crippen LogP contribution in [0, 0.1) is 5.82 Å². The fraction of sp³-hybridized carbons (Fsp3) is 0.133. The molecular weight excluding hydrogens is 263 g/mol. The highest BCUT2D eigenvalue weighted by Crippen LogP contribution is 2.31. The Balaban J connectivity index is 2.26. The molecule has 4 nitrogen and oxygen atoms in total. The van der Waals surface area contributed by atoms with Gasteiger partial charge in [0.25, 0.3) is 0 Å². The van der Waals surface area contributed by atoms with Gasteiger partial charge in [-0.25, -0.2) is 9.18 Å². The van der Waals surface area contributed by atoms with Crippen LogP contribution >= 0.6 is 0 Å². The van der Waals surface area contributed by atoms with Gasteiger partial charge in [0.05, 0.1) is 7.11 Å². The predicted octanol–water partition coefficient (Wildman–Crippen LogP) is 3.11. The molecule has 20 heavy (non-hydrogen) atoms. The monoisotopic (exact) mass is 276 g/mol. The molecule has 0 radical (unpaired) electrons. The molecule has 0 saturated carbocycles. The first-order valence-electron chi connectivity index (χ1n) is 5.89. The summed E-state index contributed by atoms with van der Waals surface area (Å²) < 4.78 is 23.6. The van der Waals surface area contributed by atoms with E-state index in [1.807, 2.05) is 0 Å².